The quantitative estimate of drug-likeness (QED) is 0.733. The summed E-state index contributed by atoms with van der Waals surface area (Å²) in [6.07, 6.45) is 2.12. The minimum absolute atomic E-state index is 0.711. The number of nitrogens with zero attached hydrogens (tertiary/aromatic N) is 2. The molecule has 0 radical (unpaired) electrons. The molecule has 0 amide bonds. The Morgan fingerprint density at radius 1 is 0.958 bits per heavy atom. The maximum Gasteiger partial charge on any atom is 0.142 e. The predicted molar refractivity (Wildman–Crippen MR) is 103 cm³/mol. The summed E-state index contributed by atoms with van der Waals surface area (Å²) in [6, 6.07) is 17.3. The molecular weight excluding hydrogens is 316 g/mol. The van der Waals surface area contributed by atoms with Crippen LogP contribution in [0.4, 0.5) is 5.69 Å². The summed E-state index contributed by atoms with van der Waals surface area (Å²) in [4.78, 5) is 6.31. The normalized spacial score (nSPS) is 15.5. The van der Waals surface area contributed by atoms with Crippen molar-refractivity contribution in [3.05, 3.63) is 54.1 Å². The van der Waals surface area contributed by atoms with E-state index in [1.807, 2.05) is 13.0 Å². The highest BCUT2D eigenvalue weighted by molar-refractivity contribution is 7.98. The first-order valence-electron chi connectivity index (χ1n) is 8.62. The van der Waals surface area contributed by atoms with Crippen molar-refractivity contribution < 1.29 is 4.74 Å². The Kier molecular flexibility index (Phi) is 6.05. The minimum atomic E-state index is 0.711. The molecule has 4 heteroatoms. The number of rotatable bonds is 6. The minimum Gasteiger partial charge on any atom is -0.492 e. The largest absolute Gasteiger partial charge is 0.492 e. The SMILES string of the molecule is CCOc1ccccc1N1CCN(Cc2ccc(SC)cc2)CC1. The lowest BCUT2D eigenvalue weighted by Crippen LogP contribution is -2.46. The topological polar surface area (TPSA) is 15.7 Å². The lowest BCUT2D eigenvalue weighted by atomic mass is 10.2. The Hall–Kier alpha value is -1.65. The van der Waals surface area contributed by atoms with Gasteiger partial charge in [-0.1, -0.05) is 24.3 Å². The van der Waals surface area contributed by atoms with Crippen molar-refractivity contribution in [3.8, 4) is 5.75 Å². The van der Waals surface area contributed by atoms with Crippen LogP contribution in [0.15, 0.2) is 53.4 Å². The molecule has 1 aliphatic heterocycles. The van der Waals surface area contributed by atoms with Gasteiger partial charge in [-0.25, -0.2) is 0 Å². The lowest BCUT2D eigenvalue weighted by molar-refractivity contribution is 0.248. The summed E-state index contributed by atoms with van der Waals surface area (Å²) in [7, 11) is 0. The summed E-state index contributed by atoms with van der Waals surface area (Å²) in [6.45, 7) is 8.06. The number of piperazine rings is 1. The number of para-hydroxylation sites is 2. The maximum absolute atomic E-state index is 5.78. The molecule has 24 heavy (non-hydrogen) atoms. The summed E-state index contributed by atoms with van der Waals surface area (Å²) in [5, 5.41) is 0. The van der Waals surface area contributed by atoms with Crippen LogP contribution in [-0.4, -0.2) is 43.9 Å². The average Bonchev–Trinajstić information content (AvgIpc) is 2.64. The van der Waals surface area contributed by atoms with Gasteiger partial charge in [0.15, 0.2) is 0 Å². The van der Waals surface area contributed by atoms with Gasteiger partial charge in [0.1, 0.15) is 5.75 Å². The van der Waals surface area contributed by atoms with Crippen molar-refractivity contribution in [2.45, 2.75) is 18.4 Å². The number of anilines is 1. The summed E-state index contributed by atoms with van der Waals surface area (Å²) < 4.78 is 5.78. The van der Waals surface area contributed by atoms with Gasteiger partial charge in [-0.3, -0.25) is 4.90 Å². The van der Waals surface area contributed by atoms with Gasteiger partial charge in [-0.2, -0.15) is 0 Å². The molecule has 2 aromatic rings. The molecule has 0 spiro atoms. The third-order valence-corrected chi connectivity index (χ3v) is 5.19. The highest BCUT2D eigenvalue weighted by atomic mass is 32.2. The molecule has 3 nitrogen and oxygen atoms in total. The van der Waals surface area contributed by atoms with Crippen LogP contribution in [0.1, 0.15) is 12.5 Å². The maximum atomic E-state index is 5.78. The van der Waals surface area contributed by atoms with E-state index in [0.29, 0.717) is 6.61 Å². The fraction of sp³-hybridized carbons (Fsp3) is 0.400. The van der Waals surface area contributed by atoms with Gasteiger partial charge in [0, 0.05) is 37.6 Å². The Morgan fingerprint density at radius 3 is 2.33 bits per heavy atom. The Bertz CT molecular complexity index is 636. The number of hydrogen-bond acceptors (Lipinski definition) is 4. The third kappa shape index (κ3) is 4.25. The van der Waals surface area contributed by atoms with Crippen molar-refractivity contribution in [1.82, 2.24) is 4.90 Å². The smallest absolute Gasteiger partial charge is 0.142 e. The van der Waals surface area contributed by atoms with Gasteiger partial charge >= 0.3 is 0 Å². The first kappa shape index (κ1) is 17.2. The molecule has 0 aromatic heterocycles. The molecule has 3 rings (SSSR count). The molecule has 0 atom stereocenters. The second-order valence-corrected chi connectivity index (χ2v) is 6.89. The molecule has 0 bridgehead atoms. The van der Waals surface area contributed by atoms with Gasteiger partial charge in [-0.05, 0) is 43.0 Å². The summed E-state index contributed by atoms with van der Waals surface area (Å²) in [5.74, 6) is 1.00. The highest BCUT2D eigenvalue weighted by Crippen LogP contribution is 2.29. The van der Waals surface area contributed by atoms with E-state index in [1.165, 1.54) is 16.1 Å². The summed E-state index contributed by atoms with van der Waals surface area (Å²) >= 11 is 1.79. The van der Waals surface area contributed by atoms with E-state index in [1.54, 1.807) is 11.8 Å². The Balaban J connectivity index is 1.57. The Labute approximate surface area is 149 Å². The first-order chi connectivity index (χ1) is 11.8. The molecule has 0 aliphatic carbocycles. The van der Waals surface area contributed by atoms with Crippen molar-refractivity contribution in [1.29, 1.82) is 0 Å². The van der Waals surface area contributed by atoms with Gasteiger partial charge in [-0.15, -0.1) is 11.8 Å². The van der Waals surface area contributed by atoms with Gasteiger partial charge in [0.25, 0.3) is 0 Å². The molecule has 0 N–H and O–H groups in total. The van der Waals surface area contributed by atoms with Gasteiger partial charge < -0.3 is 9.64 Å². The lowest BCUT2D eigenvalue weighted by Gasteiger charge is -2.36. The van der Waals surface area contributed by atoms with Gasteiger partial charge in [0.05, 0.1) is 12.3 Å². The standard InChI is InChI=1S/C20H26N2OS/c1-3-23-20-7-5-4-6-19(20)22-14-12-21(13-15-22)16-17-8-10-18(24-2)11-9-17/h4-11H,3,12-16H2,1-2H3. The molecule has 0 unspecified atom stereocenters. The van der Waals surface area contributed by atoms with Gasteiger partial charge in [0.2, 0.25) is 0 Å². The van der Waals surface area contributed by atoms with Crippen LogP contribution in [-0.2, 0) is 6.54 Å². The van der Waals surface area contributed by atoms with E-state index in [2.05, 4.69) is 58.5 Å². The van der Waals surface area contributed by atoms with E-state index in [9.17, 15) is 0 Å². The van der Waals surface area contributed by atoms with Crippen LogP contribution < -0.4 is 9.64 Å². The second kappa shape index (κ2) is 8.45. The van der Waals surface area contributed by atoms with E-state index in [4.69, 9.17) is 4.74 Å². The fourth-order valence-corrected chi connectivity index (χ4v) is 3.54. The summed E-state index contributed by atoms with van der Waals surface area (Å²) in [5.41, 5.74) is 2.62. The van der Waals surface area contributed by atoms with E-state index >= 15 is 0 Å². The zero-order chi connectivity index (χ0) is 16.8. The Morgan fingerprint density at radius 2 is 1.67 bits per heavy atom. The molecule has 128 valence electrons. The van der Waals surface area contributed by atoms with Crippen LogP contribution in [0.2, 0.25) is 0 Å². The van der Waals surface area contributed by atoms with Crippen LogP contribution in [0.3, 0.4) is 0 Å². The highest BCUT2D eigenvalue weighted by Gasteiger charge is 2.19. The molecule has 1 aliphatic rings. The third-order valence-electron chi connectivity index (χ3n) is 4.44. The van der Waals surface area contributed by atoms with Crippen LogP contribution in [0, 0.1) is 0 Å². The van der Waals surface area contributed by atoms with Crippen molar-refractivity contribution in [2.75, 3.05) is 43.9 Å². The second-order valence-electron chi connectivity index (χ2n) is 6.01. The van der Waals surface area contributed by atoms with E-state index in [-0.39, 0.29) is 0 Å². The monoisotopic (exact) mass is 342 g/mol. The fourth-order valence-electron chi connectivity index (χ4n) is 3.13. The van der Waals surface area contributed by atoms with E-state index in [0.717, 1.165) is 38.5 Å². The van der Waals surface area contributed by atoms with E-state index < -0.39 is 0 Å². The predicted octanol–water partition coefficient (Wildman–Crippen LogP) is 4.13. The number of ether oxygens (including phenoxy) is 1. The van der Waals surface area contributed by atoms with Crippen LogP contribution >= 0.6 is 11.8 Å². The van der Waals surface area contributed by atoms with Crippen molar-refractivity contribution in [3.63, 3.8) is 0 Å². The molecule has 2 aromatic carbocycles. The first-order valence-corrected chi connectivity index (χ1v) is 9.84. The molecular formula is C20H26N2OS. The average molecular weight is 343 g/mol. The number of hydrogen-bond donors (Lipinski definition) is 0. The molecule has 1 heterocycles. The zero-order valence-electron chi connectivity index (χ0n) is 14.6. The molecule has 0 saturated carbocycles. The molecule has 1 fully saturated rings. The van der Waals surface area contributed by atoms with Crippen LogP contribution in [0.5, 0.6) is 5.75 Å². The van der Waals surface area contributed by atoms with Crippen LogP contribution in [0.25, 0.3) is 0 Å². The number of benzene rings is 2. The van der Waals surface area contributed by atoms with Crippen molar-refractivity contribution in [2.24, 2.45) is 0 Å². The molecule has 1 saturated heterocycles. The zero-order valence-corrected chi connectivity index (χ0v) is 15.4. The van der Waals surface area contributed by atoms with Crippen molar-refractivity contribution >= 4 is 17.4 Å². The number of thioether (sulfide) groups is 1.